The minimum atomic E-state index is -0.0105. The molecule has 0 spiro atoms. The van der Waals surface area contributed by atoms with Gasteiger partial charge in [0.05, 0.1) is 13.1 Å². The summed E-state index contributed by atoms with van der Waals surface area (Å²) >= 11 is 0. The molecular weight excluding hydrogens is 366 g/mol. The molecule has 7 heteroatoms. The van der Waals surface area contributed by atoms with Gasteiger partial charge in [-0.25, -0.2) is 4.99 Å². The second kappa shape index (κ2) is 10.3. The van der Waals surface area contributed by atoms with Crippen molar-refractivity contribution in [2.45, 2.75) is 44.7 Å². The van der Waals surface area contributed by atoms with Gasteiger partial charge in [-0.1, -0.05) is 43.2 Å². The van der Waals surface area contributed by atoms with Crippen molar-refractivity contribution in [2.75, 3.05) is 33.7 Å². The van der Waals surface area contributed by atoms with Crippen molar-refractivity contribution in [3.05, 3.63) is 35.9 Å². The summed E-state index contributed by atoms with van der Waals surface area (Å²) in [5.41, 5.74) is 1.11. The van der Waals surface area contributed by atoms with E-state index in [4.69, 9.17) is 0 Å². The average Bonchev–Trinajstić information content (AvgIpc) is 3.42. The number of aliphatic imine (C=N–C) groups is 1. The highest BCUT2D eigenvalue weighted by Gasteiger charge is 2.32. The van der Waals surface area contributed by atoms with E-state index in [-0.39, 0.29) is 24.4 Å². The Balaban J connectivity index is 1.58. The second-order valence-corrected chi connectivity index (χ2v) is 8.19. The molecule has 1 aromatic carbocycles. The summed E-state index contributed by atoms with van der Waals surface area (Å²) in [6, 6.07) is 10.2. The third-order valence-corrected chi connectivity index (χ3v) is 5.71. The van der Waals surface area contributed by atoms with Crippen LogP contribution in [0.5, 0.6) is 0 Å². The lowest BCUT2D eigenvalue weighted by Gasteiger charge is -2.22. The normalized spacial score (nSPS) is 20.0. The maximum absolute atomic E-state index is 12.7. The number of nitrogens with one attached hydrogen (secondary N) is 2. The number of hydrogen-bond acceptors (Lipinski definition) is 3. The molecule has 1 saturated carbocycles. The molecule has 1 aromatic rings. The van der Waals surface area contributed by atoms with Crippen LogP contribution in [0.1, 0.15) is 37.7 Å². The fourth-order valence-electron chi connectivity index (χ4n) is 3.93. The molecule has 7 nitrogen and oxygen atoms in total. The maximum atomic E-state index is 12.7. The number of amides is 2. The van der Waals surface area contributed by atoms with E-state index in [1.165, 1.54) is 12.8 Å². The molecule has 1 unspecified atom stereocenters. The maximum Gasteiger partial charge on any atom is 0.241 e. The lowest BCUT2D eigenvalue weighted by Crippen LogP contribution is -2.48. The molecule has 158 valence electrons. The van der Waals surface area contributed by atoms with Crippen LogP contribution < -0.4 is 10.6 Å². The van der Waals surface area contributed by atoms with Gasteiger partial charge in [0.1, 0.15) is 0 Å². The monoisotopic (exact) mass is 399 g/mol. The van der Waals surface area contributed by atoms with Gasteiger partial charge < -0.3 is 20.4 Å². The van der Waals surface area contributed by atoms with Gasteiger partial charge in [-0.05, 0) is 24.8 Å². The third kappa shape index (κ3) is 6.21. The van der Waals surface area contributed by atoms with Crippen LogP contribution in [-0.2, 0) is 16.1 Å². The SMILES string of the molecule is CN(C)C(=O)CNC(=NCc1ccccc1)NC1CCN(C(=O)C2CCCC2)C1. The van der Waals surface area contributed by atoms with Crippen LogP contribution in [0.25, 0.3) is 0 Å². The minimum Gasteiger partial charge on any atom is -0.352 e. The molecule has 1 heterocycles. The molecule has 1 saturated heterocycles. The summed E-state index contributed by atoms with van der Waals surface area (Å²) in [5.74, 6) is 1.13. The van der Waals surface area contributed by atoms with Crippen molar-refractivity contribution in [1.29, 1.82) is 0 Å². The van der Waals surface area contributed by atoms with E-state index in [1.807, 2.05) is 35.2 Å². The van der Waals surface area contributed by atoms with Crippen LogP contribution in [0.4, 0.5) is 0 Å². The zero-order valence-electron chi connectivity index (χ0n) is 17.6. The molecule has 2 fully saturated rings. The summed E-state index contributed by atoms with van der Waals surface area (Å²) in [6.45, 7) is 2.20. The predicted molar refractivity (Wildman–Crippen MR) is 114 cm³/mol. The topological polar surface area (TPSA) is 77.0 Å². The molecule has 3 rings (SSSR count). The van der Waals surface area contributed by atoms with Crippen molar-refractivity contribution in [2.24, 2.45) is 10.9 Å². The van der Waals surface area contributed by atoms with Crippen LogP contribution >= 0.6 is 0 Å². The fraction of sp³-hybridized carbons (Fsp3) is 0.591. The molecule has 2 N–H and O–H groups in total. The second-order valence-electron chi connectivity index (χ2n) is 8.19. The van der Waals surface area contributed by atoms with E-state index >= 15 is 0 Å². The zero-order chi connectivity index (χ0) is 20.6. The number of carbonyl (C=O) groups excluding carboxylic acids is 2. The summed E-state index contributed by atoms with van der Waals surface area (Å²) < 4.78 is 0. The Morgan fingerprint density at radius 3 is 2.55 bits per heavy atom. The highest BCUT2D eigenvalue weighted by atomic mass is 16.2. The Labute approximate surface area is 173 Å². The van der Waals surface area contributed by atoms with Gasteiger partial charge in [0.15, 0.2) is 5.96 Å². The first-order chi connectivity index (χ1) is 14.0. The van der Waals surface area contributed by atoms with Crippen LogP contribution in [-0.4, -0.2) is 67.3 Å². The fourth-order valence-corrected chi connectivity index (χ4v) is 3.93. The van der Waals surface area contributed by atoms with Gasteiger partial charge in [-0.3, -0.25) is 9.59 Å². The summed E-state index contributed by atoms with van der Waals surface area (Å²) in [7, 11) is 3.48. The van der Waals surface area contributed by atoms with E-state index in [2.05, 4.69) is 15.6 Å². The van der Waals surface area contributed by atoms with Gasteiger partial charge in [-0.15, -0.1) is 0 Å². The number of hydrogen-bond donors (Lipinski definition) is 2. The average molecular weight is 400 g/mol. The van der Waals surface area contributed by atoms with Crippen molar-refractivity contribution in [1.82, 2.24) is 20.4 Å². The molecule has 1 aliphatic carbocycles. The summed E-state index contributed by atoms with van der Waals surface area (Å²) in [4.78, 5) is 32.9. The predicted octanol–water partition coefficient (Wildman–Crippen LogP) is 1.60. The van der Waals surface area contributed by atoms with Crippen LogP contribution in [0.3, 0.4) is 0 Å². The first-order valence-electron chi connectivity index (χ1n) is 10.6. The number of likely N-dealkylation sites (N-methyl/N-ethyl adjacent to an activating group) is 1. The molecule has 29 heavy (non-hydrogen) atoms. The van der Waals surface area contributed by atoms with E-state index < -0.39 is 0 Å². The molecule has 0 aromatic heterocycles. The van der Waals surface area contributed by atoms with Crippen molar-refractivity contribution in [3.63, 3.8) is 0 Å². The lowest BCUT2D eigenvalue weighted by molar-refractivity contribution is -0.134. The molecule has 2 aliphatic rings. The Kier molecular flexibility index (Phi) is 7.49. The summed E-state index contributed by atoms with van der Waals surface area (Å²) in [6.07, 6.45) is 5.31. The number of likely N-dealkylation sites (tertiary alicyclic amines) is 1. The number of guanidine groups is 1. The molecule has 0 bridgehead atoms. The Hall–Kier alpha value is -2.57. The Bertz CT molecular complexity index is 713. The van der Waals surface area contributed by atoms with Gasteiger partial charge in [0.25, 0.3) is 0 Å². The Morgan fingerprint density at radius 2 is 1.86 bits per heavy atom. The smallest absolute Gasteiger partial charge is 0.241 e. The number of benzene rings is 1. The van der Waals surface area contributed by atoms with E-state index in [0.717, 1.165) is 31.4 Å². The van der Waals surface area contributed by atoms with E-state index in [9.17, 15) is 9.59 Å². The van der Waals surface area contributed by atoms with Gasteiger partial charge in [0.2, 0.25) is 11.8 Å². The van der Waals surface area contributed by atoms with Crippen molar-refractivity contribution >= 4 is 17.8 Å². The van der Waals surface area contributed by atoms with Gasteiger partial charge >= 0.3 is 0 Å². The number of nitrogens with zero attached hydrogens (tertiary/aromatic N) is 3. The molecule has 1 atom stereocenters. The van der Waals surface area contributed by atoms with Crippen LogP contribution in [0.15, 0.2) is 35.3 Å². The number of carbonyl (C=O) groups is 2. The molecule has 0 radical (unpaired) electrons. The van der Waals surface area contributed by atoms with E-state index in [0.29, 0.717) is 25.0 Å². The summed E-state index contributed by atoms with van der Waals surface area (Å²) in [5, 5.41) is 6.57. The first-order valence-corrected chi connectivity index (χ1v) is 10.6. The largest absolute Gasteiger partial charge is 0.352 e. The van der Waals surface area contributed by atoms with Crippen molar-refractivity contribution < 1.29 is 9.59 Å². The van der Waals surface area contributed by atoms with Crippen LogP contribution in [0.2, 0.25) is 0 Å². The molecule has 2 amide bonds. The minimum absolute atomic E-state index is 0.0105. The third-order valence-electron chi connectivity index (χ3n) is 5.71. The lowest BCUT2D eigenvalue weighted by atomic mass is 10.1. The van der Waals surface area contributed by atoms with Crippen molar-refractivity contribution in [3.8, 4) is 0 Å². The Morgan fingerprint density at radius 1 is 1.14 bits per heavy atom. The standard InChI is InChI=1S/C22H33N5O2/c1-26(2)20(28)15-24-22(23-14-17-8-4-3-5-9-17)25-19-12-13-27(16-19)21(29)18-10-6-7-11-18/h3-5,8-9,18-19H,6-7,10-16H2,1-2H3,(H2,23,24,25). The highest BCUT2D eigenvalue weighted by molar-refractivity contribution is 5.86. The van der Waals surface area contributed by atoms with Gasteiger partial charge in [-0.2, -0.15) is 0 Å². The highest BCUT2D eigenvalue weighted by Crippen LogP contribution is 2.27. The van der Waals surface area contributed by atoms with E-state index in [1.54, 1.807) is 19.0 Å². The first kappa shape index (κ1) is 21.1. The van der Waals surface area contributed by atoms with Gasteiger partial charge in [0, 0.05) is 39.1 Å². The zero-order valence-corrected chi connectivity index (χ0v) is 17.6. The molecule has 1 aliphatic heterocycles. The molecular formula is C22H33N5O2. The number of rotatable bonds is 6. The quantitative estimate of drug-likeness (QED) is 0.563. The van der Waals surface area contributed by atoms with Crippen LogP contribution in [0, 0.1) is 5.92 Å².